The summed E-state index contributed by atoms with van der Waals surface area (Å²) in [6.45, 7) is 1.81. The summed E-state index contributed by atoms with van der Waals surface area (Å²) in [5.74, 6) is -1.29. The number of benzene rings is 2. The number of hydrogen-bond donors (Lipinski definition) is 1. The van der Waals surface area contributed by atoms with Crippen LogP contribution in [0, 0.1) is 12.7 Å². The Balaban J connectivity index is 1.89. The van der Waals surface area contributed by atoms with Crippen molar-refractivity contribution in [3.8, 4) is 0 Å². The van der Waals surface area contributed by atoms with Gasteiger partial charge in [0.2, 0.25) is 0 Å². The summed E-state index contributed by atoms with van der Waals surface area (Å²) in [7, 11) is -3.80. The molecule has 1 heterocycles. The monoisotopic (exact) mass is 488 g/mol. The molecule has 170 valence electrons. The van der Waals surface area contributed by atoms with Crippen molar-refractivity contribution in [2.24, 2.45) is 0 Å². The SMILES string of the molecule is Cc1cc(F)ccc1S(=O)(=O)[C@H]1CS(=O)(=O)C[C@@H]1NCC(c1ccccc1Cl)N(C)C. The molecule has 6 nitrogen and oxygen atoms in total. The van der Waals surface area contributed by atoms with Gasteiger partial charge < -0.3 is 10.2 Å². The van der Waals surface area contributed by atoms with E-state index < -0.39 is 42.5 Å². The van der Waals surface area contributed by atoms with Crippen LogP contribution >= 0.6 is 11.6 Å². The van der Waals surface area contributed by atoms with Crippen LogP contribution in [0.4, 0.5) is 4.39 Å². The van der Waals surface area contributed by atoms with Gasteiger partial charge in [-0.2, -0.15) is 0 Å². The van der Waals surface area contributed by atoms with Crippen molar-refractivity contribution in [3.63, 3.8) is 0 Å². The van der Waals surface area contributed by atoms with Crippen LogP contribution in [0.15, 0.2) is 47.4 Å². The van der Waals surface area contributed by atoms with Crippen LogP contribution in [0.3, 0.4) is 0 Å². The van der Waals surface area contributed by atoms with E-state index in [1.165, 1.54) is 13.0 Å². The van der Waals surface area contributed by atoms with Gasteiger partial charge in [0, 0.05) is 23.7 Å². The second-order valence-electron chi connectivity index (χ2n) is 8.09. The summed E-state index contributed by atoms with van der Waals surface area (Å²) in [6.07, 6.45) is 0. The van der Waals surface area contributed by atoms with Crippen LogP contribution in [0.5, 0.6) is 0 Å². The minimum Gasteiger partial charge on any atom is -0.310 e. The lowest BCUT2D eigenvalue weighted by molar-refractivity contribution is 0.282. The third-order valence-electron chi connectivity index (χ3n) is 5.60. The molecule has 1 aliphatic heterocycles. The fraction of sp³-hybridized carbons (Fsp3) is 0.429. The van der Waals surface area contributed by atoms with Gasteiger partial charge in [-0.25, -0.2) is 21.2 Å². The largest absolute Gasteiger partial charge is 0.310 e. The van der Waals surface area contributed by atoms with E-state index in [4.69, 9.17) is 11.6 Å². The first-order valence-electron chi connectivity index (χ1n) is 9.77. The number of nitrogens with zero attached hydrogens (tertiary/aromatic N) is 1. The molecular weight excluding hydrogens is 463 g/mol. The zero-order valence-corrected chi connectivity index (χ0v) is 19.9. The predicted octanol–water partition coefficient (Wildman–Crippen LogP) is 2.62. The van der Waals surface area contributed by atoms with E-state index in [0.29, 0.717) is 11.6 Å². The molecule has 2 aromatic rings. The fourth-order valence-corrected chi connectivity index (χ4v) is 9.19. The number of sulfone groups is 2. The first kappa shape index (κ1) is 24.1. The van der Waals surface area contributed by atoms with Crippen LogP contribution in [-0.2, 0) is 19.7 Å². The zero-order valence-electron chi connectivity index (χ0n) is 17.5. The lowest BCUT2D eigenvalue weighted by atomic mass is 10.1. The minimum atomic E-state index is -4.00. The Kier molecular flexibility index (Phi) is 7.12. The highest BCUT2D eigenvalue weighted by atomic mass is 35.5. The lowest BCUT2D eigenvalue weighted by Gasteiger charge is -2.29. The molecule has 2 aromatic carbocycles. The van der Waals surface area contributed by atoms with E-state index in [9.17, 15) is 21.2 Å². The quantitative estimate of drug-likeness (QED) is 0.603. The van der Waals surface area contributed by atoms with Crippen LogP contribution < -0.4 is 5.32 Å². The van der Waals surface area contributed by atoms with E-state index in [2.05, 4.69) is 5.32 Å². The molecule has 0 amide bonds. The Hall–Kier alpha value is -1.52. The number of aryl methyl sites for hydroxylation is 1. The summed E-state index contributed by atoms with van der Waals surface area (Å²) in [5, 5.41) is 2.59. The lowest BCUT2D eigenvalue weighted by Crippen LogP contribution is -2.46. The molecule has 10 heteroatoms. The van der Waals surface area contributed by atoms with Gasteiger partial charge in [0.15, 0.2) is 19.7 Å². The second-order valence-corrected chi connectivity index (χ2v) is 12.8. The Morgan fingerprint density at radius 1 is 1.19 bits per heavy atom. The number of nitrogens with one attached hydrogen (secondary N) is 1. The normalized spacial score (nSPS) is 22.0. The van der Waals surface area contributed by atoms with Gasteiger partial charge in [-0.1, -0.05) is 29.8 Å². The van der Waals surface area contributed by atoms with E-state index in [1.54, 1.807) is 6.07 Å². The van der Waals surface area contributed by atoms with Gasteiger partial charge in [0.05, 0.1) is 21.7 Å². The Bertz CT molecular complexity index is 1170. The molecule has 1 fully saturated rings. The molecule has 0 aromatic heterocycles. The first-order valence-corrected chi connectivity index (χ1v) is 13.5. The molecule has 1 N–H and O–H groups in total. The van der Waals surface area contributed by atoms with Gasteiger partial charge in [-0.15, -0.1) is 0 Å². The molecule has 0 spiro atoms. The van der Waals surface area contributed by atoms with Crippen molar-refractivity contribution in [2.45, 2.75) is 29.2 Å². The summed E-state index contributed by atoms with van der Waals surface area (Å²) in [5.41, 5.74) is 1.11. The Labute approximate surface area is 188 Å². The van der Waals surface area contributed by atoms with Crippen molar-refractivity contribution in [1.29, 1.82) is 0 Å². The summed E-state index contributed by atoms with van der Waals surface area (Å²) >= 11 is 6.34. The van der Waals surface area contributed by atoms with E-state index >= 15 is 0 Å². The predicted molar refractivity (Wildman–Crippen MR) is 120 cm³/mol. The van der Waals surface area contributed by atoms with Gasteiger partial charge in [-0.05, 0) is 56.4 Å². The van der Waals surface area contributed by atoms with Crippen molar-refractivity contribution in [2.75, 3.05) is 32.1 Å². The molecule has 0 radical (unpaired) electrons. The van der Waals surface area contributed by atoms with Gasteiger partial charge in [0.1, 0.15) is 5.82 Å². The van der Waals surface area contributed by atoms with Gasteiger partial charge >= 0.3 is 0 Å². The molecule has 3 rings (SSSR count). The van der Waals surface area contributed by atoms with Crippen molar-refractivity contribution in [3.05, 3.63) is 64.4 Å². The number of halogens is 2. The summed E-state index contributed by atoms with van der Waals surface area (Å²) < 4.78 is 64.8. The van der Waals surface area contributed by atoms with E-state index in [1.807, 2.05) is 37.2 Å². The number of rotatable bonds is 7. The maximum atomic E-state index is 13.5. The average Bonchev–Trinajstić information content (AvgIpc) is 2.98. The maximum absolute atomic E-state index is 13.5. The topological polar surface area (TPSA) is 83.5 Å². The van der Waals surface area contributed by atoms with E-state index in [0.717, 1.165) is 17.7 Å². The van der Waals surface area contributed by atoms with Crippen molar-refractivity contribution < 1.29 is 21.2 Å². The molecule has 3 atom stereocenters. The van der Waals surface area contributed by atoms with E-state index in [-0.39, 0.29) is 22.3 Å². The van der Waals surface area contributed by atoms with Crippen LogP contribution in [-0.4, -0.2) is 65.2 Å². The highest BCUT2D eigenvalue weighted by Crippen LogP contribution is 2.30. The maximum Gasteiger partial charge on any atom is 0.184 e. The van der Waals surface area contributed by atoms with Gasteiger partial charge in [0.25, 0.3) is 0 Å². The van der Waals surface area contributed by atoms with Crippen LogP contribution in [0.2, 0.25) is 5.02 Å². The molecule has 1 aliphatic rings. The smallest absolute Gasteiger partial charge is 0.184 e. The zero-order chi connectivity index (χ0) is 23.0. The average molecular weight is 489 g/mol. The number of likely N-dealkylation sites (N-methyl/N-ethyl adjacent to an activating group) is 1. The molecule has 0 saturated carbocycles. The molecular formula is C21H26ClFN2O4S2. The molecule has 1 unspecified atom stereocenters. The first-order chi connectivity index (χ1) is 14.4. The molecule has 0 bridgehead atoms. The Morgan fingerprint density at radius 2 is 1.87 bits per heavy atom. The second kappa shape index (κ2) is 9.15. The third kappa shape index (κ3) is 5.28. The standard InChI is InChI=1S/C21H26ClFN2O4S2/c1-14-10-15(23)8-9-20(14)31(28,29)21-13-30(26,27)12-18(21)24-11-19(25(2)3)16-6-4-5-7-17(16)22/h4-10,18-19,21,24H,11-13H2,1-3H3/t18-,19?,21-/m0/s1. The summed E-state index contributed by atoms with van der Waals surface area (Å²) in [4.78, 5) is 1.89. The number of hydrogen-bond acceptors (Lipinski definition) is 6. The van der Waals surface area contributed by atoms with Crippen LogP contribution in [0.1, 0.15) is 17.2 Å². The highest BCUT2D eigenvalue weighted by Gasteiger charge is 2.46. The fourth-order valence-electron chi connectivity index (χ4n) is 3.99. The molecule has 31 heavy (non-hydrogen) atoms. The van der Waals surface area contributed by atoms with Crippen LogP contribution in [0.25, 0.3) is 0 Å². The Morgan fingerprint density at radius 3 is 2.48 bits per heavy atom. The van der Waals surface area contributed by atoms with Crippen molar-refractivity contribution >= 4 is 31.3 Å². The summed E-state index contributed by atoms with van der Waals surface area (Å²) in [6, 6.07) is 9.79. The van der Waals surface area contributed by atoms with Crippen molar-refractivity contribution in [1.82, 2.24) is 10.2 Å². The third-order valence-corrected chi connectivity index (χ3v) is 10.3. The molecule has 1 saturated heterocycles. The molecule has 0 aliphatic carbocycles. The van der Waals surface area contributed by atoms with Gasteiger partial charge in [-0.3, -0.25) is 0 Å². The highest BCUT2D eigenvalue weighted by molar-refractivity contribution is 7.96. The minimum absolute atomic E-state index is 0.0435.